The second kappa shape index (κ2) is 6.96. The average molecular weight is 403 g/mol. The van der Waals surface area contributed by atoms with Gasteiger partial charge in [-0.05, 0) is 44.6 Å². The zero-order valence-corrected chi connectivity index (χ0v) is 17.2. The van der Waals surface area contributed by atoms with Crippen molar-refractivity contribution >= 4 is 11.3 Å². The van der Waals surface area contributed by atoms with Crippen molar-refractivity contribution in [1.82, 2.24) is 19.6 Å². The summed E-state index contributed by atoms with van der Waals surface area (Å²) in [6.07, 6.45) is 9.07. The quantitative estimate of drug-likeness (QED) is 0.714. The van der Waals surface area contributed by atoms with Gasteiger partial charge in [0.15, 0.2) is 0 Å². The zero-order valence-electron chi connectivity index (χ0n) is 17.2. The Labute approximate surface area is 175 Å². The first kappa shape index (κ1) is 18.8. The van der Waals surface area contributed by atoms with E-state index in [-0.39, 0.29) is 5.54 Å². The molecule has 1 saturated heterocycles. The Morgan fingerprint density at radius 1 is 1.23 bits per heavy atom. The Kier molecular flexibility index (Phi) is 4.36. The third kappa shape index (κ3) is 3.15. The predicted molar refractivity (Wildman–Crippen MR) is 113 cm³/mol. The first-order chi connectivity index (χ1) is 14.5. The van der Waals surface area contributed by atoms with Gasteiger partial charge in [-0.2, -0.15) is 10.4 Å². The van der Waals surface area contributed by atoms with Gasteiger partial charge in [0, 0.05) is 24.2 Å². The number of fused-ring (bicyclic) bond motifs is 2. The van der Waals surface area contributed by atoms with Crippen molar-refractivity contribution in [3.8, 4) is 23.1 Å². The fourth-order valence-corrected chi connectivity index (χ4v) is 5.11. The van der Waals surface area contributed by atoms with Crippen molar-refractivity contribution in [2.24, 2.45) is 17.6 Å². The Bertz CT molecular complexity index is 1110. The highest BCUT2D eigenvalue weighted by Gasteiger charge is 2.45. The highest BCUT2D eigenvalue weighted by atomic mass is 16.5. The van der Waals surface area contributed by atoms with Gasteiger partial charge >= 0.3 is 0 Å². The molecule has 1 aliphatic heterocycles. The molecule has 0 bridgehead atoms. The maximum Gasteiger partial charge on any atom is 0.147 e. The number of nitrogens with two attached hydrogens (primary N) is 1. The number of nitriles is 1. The third-order valence-electron chi connectivity index (χ3n) is 6.29. The Balaban J connectivity index is 1.46. The van der Waals surface area contributed by atoms with Gasteiger partial charge in [0.05, 0.1) is 48.2 Å². The Hall–Kier alpha value is -3.18. The van der Waals surface area contributed by atoms with E-state index in [2.05, 4.69) is 28.0 Å². The highest BCUT2D eigenvalue weighted by Crippen LogP contribution is 2.43. The van der Waals surface area contributed by atoms with Crippen LogP contribution >= 0.6 is 0 Å². The van der Waals surface area contributed by atoms with Crippen LogP contribution in [0.2, 0.25) is 0 Å². The largest absolute Gasteiger partial charge is 0.492 e. The van der Waals surface area contributed by atoms with Crippen molar-refractivity contribution in [2.45, 2.75) is 32.2 Å². The summed E-state index contributed by atoms with van der Waals surface area (Å²) in [4.78, 5) is 11.7. The van der Waals surface area contributed by atoms with E-state index in [0.29, 0.717) is 41.0 Å². The number of pyridine rings is 1. The molecule has 2 fully saturated rings. The summed E-state index contributed by atoms with van der Waals surface area (Å²) in [6, 6.07) is 4.10. The summed E-state index contributed by atoms with van der Waals surface area (Å²) >= 11 is 0. The fourth-order valence-electron chi connectivity index (χ4n) is 5.11. The number of ether oxygens (including phenoxy) is 1. The molecule has 0 amide bonds. The molecule has 3 atom stereocenters. The molecule has 8 heteroatoms. The minimum absolute atomic E-state index is 0.0302. The fraction of sp³-hybridized carbons (Fsp3) is 0.455. The Morgan fingerprint density at radius 2 is 2.00 bits per heavy atom. The van der Waals surface area contributed by atoms with Crippen LogP contribution in [0.3, 0.4) is 0 Å². The van der Waals surface area contributed by atoms with Gasteiger partial charge in [-0.15, -0.1) is 0 Å². The lowest BCUT2D eigenvalue weighted by Gasteiger charge is -2.23. The summed E-state index contributed by atoms with van der Waals surface area (Å²) in [7, 11) is 0. The van der Waals surface area contributed by atoms with Gasteiger partial charge in [0.25, 0.3) is 0 Å². The van der Waals surface area contributed by atoms with Gasteiger partial charge in [-0.3, -0.25) is 4.98 Å². The third-order valence-corrected chi connectivity index (χ3v) is 6.29. The summed E-state index contributed by atoms with van der Waals surface area (Å²) < 4.78 is 7.34. The van der Waals surface area contributed by atoms with E-state index < -0.39 is 0 Å². The lowest BCUT2D eigenvalue weighted by Crippen LogP contribution is -2.35. The van der Waals surface area contributed by atoms with E-state index in [1.807, 2.05) is 19.2 Å². The minimum atomic E-state index is -0.0302. The molecule has 2 N–H and O–H groups in total. The molecule has 2 aliphatic rings. The normalized spacial score (nSPS) is 25.5. The lowest BCUT2D eigenvalue weighted by atomic mass is 10.00. The smallest absolute Gasteiger partial charge is 0.147 e. The average Bonchev–Trinajstić information content (AvgIpc) is 3.38. The molecule has 30 heavy (non-hydrogen) atoms. The molecule has 3 aromatic rings. The molecule has 8 nitrogen and oxygen atoms in total. The molecule has 0 spiro atoms. The molecule has 5 rings (SSSR count). The SMILES string of the molecule is CCOc1cc(-c2cnc(N3C[C@@H]4C[C@@](C)(N)C[C@@H]4C3)cn2)c2c(C#N)cnn2c1. The number of rotatable bonds is 4. The number of aromatic nitrogens is 4. The van der Waals surface area contributed by atoms with Crippen molar-refractivity contribution in [1.29, 1.82) is 5.26 Å². The van der Waals surface area contributed by atoms with E-state index in [1.165, 1.54) is 0 Å². The molecule has 1 saturated carbocycles. The molecular formula is C22H25N7O. The van der Waals surface area contributed by atoms with E-state index >= 15 is 0 Å². The summed E-state index contributed by atoms with van der Waals surface area (Å²) in [5, 5.41) is 13.8. The maximum atomic E-state index is 9.49. The maximum absolute atomic E-state index is 9.49. The number of hydrogen-bond acceptors (Lipinski definition) is 7. The number of anilines is 1. The number of nitrogens with zero attached hydrogens (tertiary/aromatic N) is 6. The van der Waals surface area contributed by atoms with E-state index in [1.54, 1.807) is 23.1 Å². The topological polar surface area (TPSA) is 105 Å². The van der Waals surface area contributed by atoms with Crippen molar-refractivity contribution in [2.75, 3.05) is 24.6 Å². The van der Waals surface area contributed by atoms with Gasteiger partial charge < -0.3 is 15.4 Å². The second-order valence-electron chi connectivity index (χ2n) is 8.73. The van der Waals surface area contributed by atoms with Crippen molar-refractivity contribution in [3.63, 3.8) is 0 Å². The summed E-state index contributed by atoms with van der Waals surface area (Å²) in [6.45, 7) is 6.60. The number of hydrogen-bond donors (Lipinski definition) is 1. The molecule has 4 heterocycles. The molecule has 0 unspecified atom stereocenters. The molecule has 0 radical (unpaired) electrons. The van der Waals surface area contributed by atoms with Crippen LogP contribution in [0.5, 0.6) is 5.75 Å². The van der Waals surface area contributed by atoms with Gasteiger partial charge in [-0.25, -0.2) is 9.50 Å². The van der Waals surface area contributed by atoms with Crippen LogP contribution in [0.25, 0.3) is 16.8 Å². The van der Waals surface area contributed by atoms with Crippen LogP contribution in [0.4, 0.5) is 5.82 Å². The molecular weight excluding hydrogens is 378 g/mol. The standard InChI is InChI=1S/C22H25N7O/c1-3-30-17-4-18(21-16(7-23)8-27-29(21)13-17)19-9-26-20(10-25-19)28-11-14-5-22(2,24)6-15(14)12-28/h4,8-10,13-15H,3,5-6,11-12,24H2,1-2H3/t14-,15+,22+. The first-order valence-corrected chi connectivity index (χ1v) is 10.4. The van der Waals surface area contributed by atoms with E-state index in [4.69, 9.17) is 15.5 Å². The summed E-state index contributed by atoms with van der Waals surface area (Å²) in [5.74, 6) is 2.83. The van der Waals surface area contributed by atoms with Crippen molar-refractivity contribution < 1.29 is 4.74 Å². The molecule has 154 valence electrons. The zero-order chi connectivity index (χ0) is 20.9. The van der Waals surface area contributed by atoms with E-state index in [0.717, 1.165) is 37.3 Å². The van der Waals surface area contributed by atoms with Gasteiger partial charge in [0.2, 0.25) is 0 Å². The van der Waals surface area contributed by atoms with E-state index in [9.17, 15) is 5.26 Å². The van der Waals surface area contributed by atoms with Gasteiger partial charge in [0.1, 0.15) is 17.6 Å². The first-order valence-electron chi connectivity index (χ1n) is 10.4. The van der Waals surface area contributed by atoms with Crippen LogP contribution in [0.15, 0.2) is 30.9 Å². The summed E-state index contributed by atoms with van der Waals surface area (Å²) in [5.41, 5.74) is 8.99. The van der Waals surface area contributed by atoms with Crippen molar-refractivity contribution in [3.05, 3.63) is 36.4 Å². The van der Waals surface area contributed by atoms with Crippen LogP contribution in [-0.4, -0.2) is 44.8 Å². The molecule has 0 aromatic carbocycles. The molecule has 1 aliphatic carbocycles. The monoisotopic (exact) mass is 403 g/mol. The van der Waals surface area contributed by atoms with Crippen LogP contribution in [0.1, 0.15) is 32.3 Å². The lowest BCUT2D eigenvalue weighted by molar-refractivity contribution is 0.338. The van der Waals surface area contributed by atoms with Gasteiger partial charge in [-0.1, -0.05) is 0 Å². The van der Waals surface area contributed by atoms with Crippen LogP contribution in [0, 0.1) is 23.2 Å². The highest BCUT2D eigenvalue weighted by molar-refractivity contribution is 5.83. The minimum Gasteiger partial charge on any atom is -0.492 e. The second-order valence-corrected chi connectivity index (χ2v) is 8.73. The predicted octanol–water partition coefficient (Wildman–Crippen LogP) is 2.63. The molecule has 3 aromatic heterocycles. The van der Waals surface area contributed by atoms with Crippen LogP contribution < -0.4 is 15.4 Å². The Morgan fingerprint density at radius 3 is 2.63 bits per heavy atom. The van der Waals surface area contributed by atoms with Crippen LogP contribution in [-0.2, 0) is 0 Å².